The van der Waals surface area contributed by atoms with Crippen LogP contribution in [0.4, 0.5) is 0 Å². The van der Waals surface area contributed by atoms with Crippen molar-refractivity contribution in [1.29, 1.82) is 0 Å². The van der Waals surface area contributed by atoms with Crippen molar-refractivity contribution in [1.82, 2.24) is 0 Å². The molecule has 0 saturated heterocycles. The molecule has 1 heterocycles. The molecule has 0 aliphatic heterocycles. The van der Waals surface area contributed by atoms with Gasteiger partial charge in [0, 0.05) is 19.6 Å². The highest BCUT2D eigenvalue weighted by atomic mass is 127. The number of hydrogen-bond donors (Lipinski definition) is 0. The molecule has 0 radical (unpaired) electrons. The number of nitrogens with zero attached hydrogens (tertiary/aromatic N) is 1. The Morgan fingerprint density at radius 1 is 0.783 bits per heavy atom. The fourth-order valence-corrected chi connectivity index (χ4v) is 3.31. The quantitative estimate of drug-likeness (QED) is 0.213. The molecule has 0 aliphatic carbocycles. The Morgan fingerprint density at radius 3 is 1.91 bits per heavy atom. The molecule has 0 spiro atoms. The fourth-order valence-electron chi connectivity index (χ4n) is 2.68. The van der Waals surface area contributed by atoms with E-state index in [1.54, 1.807) is 11.3 Å². The van der Waals surface area contributed by atoms with Gasteiger partial charge >= 0.3 is 0 Å². The highest BCUT2D eigenvalue weighted by Gasteiger charge is 1.99. The number of hydrogen-bond acceptors (Lipinski definition) is 2. The van der Waals surface area contributed by atoms with Crippen LogP contribution in [-0.2, 0) is 11.3 Å². The number of aromatic nitrogens is 1. The summed E-state index contributed by atoms with van der Waals surface area (Å²) < 4.78 is 7.98. The van der Waals surface area contributed by atoms with Crippen LogP contribution < -0.4 is 28.5 Å². The largest absolute Gasteiger partial charge is 1.00 e. The van der Waals surface area contributed by atoms with Crippen molar-refractivity contribution in [3.63, 3.8) is 0 Å². The van der Waals surface area contributed by atoms with Gasteiger partial charge in [0.15, 0.2) is 6.20 Å². The summed E-state index contributed by atoms with van der Waals surface area (Å²) in [5, 5.41) is 2.13. The van der Waals surface area contributed by atoms with E-state index >= 15 is 0 Å². The van der Waals surface area contributed by atoms with Gasteiger partial charge in [-0.15, -0.1) is 0 Å². The van der Waals surface area contributed by atoms with E-state index in [1.165, 1.54) is 77.0 Å². The molecule has 2 nitrogen and oxygen atoms in total. The predicted molar refractivity (Wildman–Crippen MR) is 96.4 cm³/mol. The molecule has 0 atom stereocenters. The van der Waals surface area contributed by atoms with E-state index in [0.717, 1.165) is 19.8 Å². The summed E-state index contributed by atoms with van der Waals surface area (Å²) in [5.74, 6) is 0. The van der Waals surface area contributed by atoms with Crippen LogP contribution in [0.2, 0.25) is 0 Å². The minimum atomic E-state index is 0. The zero-order valence-corrected chi connectivity index (χ0v) is 18.0. The Hall–Kier alpha value is 0.320. The molecule has 1 aromatic heterocycles. The molecule has 0 unspecified atom stereocenters. The lowest BCUT2D eigenvalue weighted by atomic mass is 10.1. The van der Waals surface area contributed by atoms with Crippen LogP contribution in [0.1, 0.15) is 84.0 Å². The number of aryl methyl sites for hydroxylation is 1. The second kappa shape index (κ2) is 18.7. The van der Waals surface area contributed by atoms with E-state index in [1.807, 2.05) is 0 Å². The normalized spacial score (nSPS) is 10.7. The van der Waals surface area contributed by atoms with Crippen LogP contribution in [0.5, 0.6) is 0 Å². The molecule has 0 N–H and O–H groups in total. The lowest BCUT2D eigenvalue weighted by Gasteiger charge is -2.04. The first-order chi connectivity index (χ1) is 10.9. The van der Waals surface area contributed by atoms with E-state index in [9.17, 15) is 0 Å². The van der Waals surface area contributed by atoms with Crippen LogP contribution >= 0.6 is 11.3 Å². The van der Waals surface area contributed by atoms with Crippen molar-refractivity contribution in [3.05, 3.63) is 17.1 Å². The first-order valence-corrected chi connectivity index (χ1v) is 10.4. The molecule has 23 heavy (non-hydrogen) atoms. The molecule has 4 heteroatoms. The zero-order chi connectivity index (χ0) is 15.7. The lowest BCUT2D eigenvalue weighted by Crippen LogP contribution is -3.00. The molecule has 136 valence electrons. The molecule has 0 saturated carbocycles. The number of thiazole rings is 1. The average molecular weight is 453 g/mol. The maximum Gasteiger partial charge on any atom is 0.224 e. The summed E-state index contributed by atoms with van der Waals surface area (Å²) >= 11 is 1.76. The molecule has 0 aromatic carbocycles. The van der Waals surface area contributed by atoms with Gasteiger partial charge in [-0.05, 0) is 12.8 Å². The minimum absolute atomic E-state index is 0. The summed E-state index contributed by atoms with van der Waals surface area (Å²) in [6.07, 6.45) is 18.5. The van der Waals surface area contributed by atoms with Gasteiger partial charge in [0.1, 0.15) is 6.54 Å². The Kier molecular flexibility index (Phi) is 18.9. The first-order valence-electron chi connectivity index (χ1n) is 9.42. The van der Waals surface area contributed by atoms with Gasteiger partial charge in [0.25, 0.3) is 0 Å². The van der Waals surface area contributed by atoms with Gasteiger partial charge in [0.05, 0.1) is 5.38 Å². The summed E-state index contributed by atoms with van der Waals surface area (Å²) in [6.45, 7) is 5.31. The molecular weight excluding hydrogens is 417 g/mol. The van der Waals surface area contributed by atoms with Crippen molar-refractivity contribution in [2.24, 2.45) is 0 Å². The van der Waals surface area contributed by atoms with Crippen LogP contribution in [0, 0.1) is 0 Å². The van der Waals surface area contributed by atoms with E-state index in [0.29, 0.717) is 0 Å². The SMILES string of the molecule is CCCCCCCCCCCCOCCCC[n+]1ccsc1.[I-]. The Bertz CT molecular complexity index is 319. The summed E-state index contributed by atoms with van der Waals surface area (Å²) in [7, 11) is 0. The molecule has 1 rings (SSSR count). The van der Waals surface area contributed by atoms with E-state index in [-0.39, 0.29) is 24.0 Å². The van der Waals surface area contributed by atoms with Gasteiger partial charge in [-0.1, -0.05) is 76.0 Å². The second-order valence-corrected chi connectivity index (χ2v) is 7.02. The number of rotatable bonds is 16. The lowest BCUT2D eigenvalue weighted by molar-refractivity contribution is -0.692. The van der Waals surface area contributed by atoms with Gasteiger partial charge in [-0.2, -0.15) is 4.57 Å². The Labute approximate surface area is 165 Å². The summed E-state index contributed by atoms with van der Waals surface area (Å²) in [6, 6.07) is 0. The van der Waals surface area contributed by atoms with Crippen LogP contribution in [0.15, 0.2) is 17.1 Å². The van der Waals surface area contributed by atoms with Gasteiger partial charge < -0.3 is 28.7 Å². The topological polar surface area (TPSA) is 13.1 Å². The number of ether oxygens (including phenoxy) is 1. The fraction of sp³-hybridized carbons (Fsp3) is 0.842. The van der Waals surface area contributed by atoms with E-state index in [2.05, 4.69) is 28.6 Å². The van der Waals surface area contributed by atoms with Gasteiger partial charge in [-0.3, -0.25) is 0 Å². The van der Waals surface area contributed by atoms with Crippen molar-refractivity contribution in [2.45, 2.75) is 90.5 Å². The average Bonchev–Trinajstić information content (AvgIpc) is 3.04. The predicted octanol–water partition coefficient (Wildman–Crippen LogP) is 2.76. The van der Waals surface area contributed by atoms with Crippen molar-refractivity contribution < 1.29 is 33.3 Å². The standard InChI is InChI=1S/C19H36NOS.HI/c1-2-3-4-5-6-7-8-9-10-12-16-21-17-13-11-14-20-15-18-22-19-20;/h15,18-19H,2-14,16-17H2,1H3;1H/q+1;/p-1. The molecule has 0 fully saturated rings. The van der Waals surface area contributed by atoms with Gasteiger partial charge in [-0.25, -0.2) is 0 Å². The molecule has 0 bridgehead atoms. The third kappa shape index (κ3) is 15.6. The van der Waals surface area contributed by atoms with Crippen molar-refractivity contribution >= 4 is 11.3 Å². The number of unbranched alkanes of at least 4 members (excludes halogenated alkanes) is 10. The first kappa shape index (κ1) is 23.3. The summed E-state index contributed by atoms with van der Waals surface area (Å²) in [4.78, 5) is 0. The highest BCUT2D eigenvalue weighted by molar-refractivity contribution is 7.07. The Morgan fingerprint density at radius 2 is 1.35 bits per heavy atom. The van der Waals surface area contributed by atoms with Crippen molar-refractivity contribution in [3.8, 4) is 0 Å². The minimum Gasteiger partial charge on any atom is -1.00 e. The number of halogens is 1. The molecular formula is C19H36INOS. The molecule has 0 amide bonds. The van der Waals surface area contributed by atoms with Gasteiger partial charge in [0.2, 0.25) is 5.51 Å². The van der Waals surface area contributed by atoms with Crippen LogP contribution in [0.25, 0.3) is 0 Å². The highest BCUT2D eigenvalue weighted by Crippen LogP contribution is 2.10. The van der Waals surface area contributed by atoms with E-state index < -0.39 is 0 Å². The second-order valence-electron chi connectivity index (χ2n) is 6.27. The summed E-state index contributed by atoms with van der Waals surface area (Å²) in [5.41, 5.74) is 2.17. The zero-order valence-electron chi connectivity index (χ0n) is 15.0. The Balaban J connectivity index is 0.00000484. The van der Waals surface area contributed by atoms with Crippen LogP contribution in [-0.4, -0.2) is 13.2 Å². The third-order valence-electron chi connectivity index (χ3n) is 4.12. The maximum absolute atomic E-state index is 5.72. The van der Waals surface area contributed by atoms with Crippen LogP contribution in [0.3, 0.4) is 0 Å². The maximum atomic E-state index is 5.72. The van der Waals surface area contributed by atoms with E-state index in [4.69, 9.17) is 4.74 Å². The third-order valence-corrected chi connectivity index (χ3v) is 4.80. The van der Waals surface area contributed by atoms with Crippen molar-refractivity contribution in [2.75, 3.05) is 13.2 Å². The monoisotopic (exact) mass is 453 g/mol. The molecule has 0 aliphatic rings. The molecule has 1 aromatic rings. The smallest absolute Gasteiger partial charge is 0.224 e.